The Kier molecular flexibility index (Phi) is 3.71. The van der Waals surface area contributed by atoms with Gasteiger partial charge in [0.2, 0.25) is 0 Å². The highest BCUT2D eigenvalue weighted by Gasteiger charge is 1.86. The van der Waals surface area contributed by atoms with E-state index in [-0.39, 0.29) is 0 Å². The monoisotopic (exact) mass is 172 g/mol. The number of rotatable bonds is 3. The molecule has 0 saturated heterocycles. The molecule has 0 atom stereocenters. The summed E-state index contributed by atoms with van der Waals surface area (Å²) in [6.45, 7) is 1.85. The van der Waals surface area contributed by atoms with Gasteiger partial charge in [0, 0.05) is 5.57 Å². The molecule has 0 aliphatic rings. The van der Waals surface area contributed by atoms with Crippen molar-refractivity contribution in [1.29, 1.82) is 0 Å². The summed E-state index contributed by atoms with van der Waals surface area (Å²) in [6, 6.07) is 9.89. The summed E-state index contributed by atoms with van der Waals surface area (Å²) in [5, 5.41) is 0. The SMILES string of the molecule is CC=C(C=O)C=Cc1ccccc1. The van der Waals surface area contributed by atoms with Crippen molar-refractivity contribution >= 4 is 12.4 Å². The molecular weight excluding hydrogens is 160 g/mol. The lowest BCUT2D eigenvalue weighted by molar-refractivity contribution is -0.104. The number of carbonyl (C=O) groups is 1. The lowest BCUT2D eigenvalue weighted by Crippen LogP contribution is -1.76. The van der Waals surface area contributed by atoms with Gasteiger partial charge in [-0.3, -0.25) is 4.79 Å². The van der Waals surface area contributed by atoms with Crippen LogP contribution in [0.2, 0.25) is 0 Å². The largest absolute Gasteiger partial charge is 0.298 e. The van der Waals surface area contributed by atoms with E-state index >= 15 is 0 Å². The summed E-state index contributed by atoms with van der Waals surface area (Å²) in [5.74, 6) is 0. The Labute approximate surface area is 78.4 Å². The van der Waals surface area contributed by atoms with Crippen molar-refractivity contribution < 1.29 is 4.79 Å². The average Bonchev–Trinajstić information content (AvgIpc) is 2.21. The van der Waals surface area contributed by atoms with Gasteiger partial charge in [-0.15, -0.1) is 0 Å². The average molecular weight is 172 g/mol. The van der Waals surface area contributed by atoms with Crippen molar-refractivity contribution in [3.05, 3.63) is 53.6 Å². The molecule has 0 N–H and O–H groups in total. The standard InChI is InChI=1S/C12H12O/c1-2-11(10-13)8-9-12-6-4-3-5-7-12/h2-10H,1H3. The summed E-state index contributed by atoms with van der Waals surface area (Å²) < 4.78 is 0. The van der Waals surface area contributed by atoms with Crippen molar-refractivity contribution in [2.75, 3.05) is 0 Å². The molecule has 1 rings (SSSR count). The van der Waals surface area contributed by atoms with Gasteiger partial charge in [0.05, 0.1) is 0 Å². The smallest absolute Gasteiger partial charge is 0.149 e. The minimum atomic E-state index is 0.698. The summed E-state index contributed by atoms with van der Waals surface area (Å²) in [4.78, 5) is 10.4. The minimum absolute atomic E-state index is 0.698. The third kappa shape index (κ3) is 3.08. The van der Waals surface area contributed by atoms with Crippen LogP contribution in [0.4, 0.5) is 0 Å². The molecule has 0 saturated carbocycles. The van der Waals surface area contributed by atoms with E-state index in [1.54, 1.807) is 6.08 Å². The highest BCUT2D eigenvalue weighted by atomic mass is 16.1. The summed E-state index contributed by atoms with van der Waals surface area (Å²) >= 11 is 0. The van der Waals surface area contributed by atoms with Crippen molar-refractivity contribution in [2.45, 2.75) is 6.92 Å². The van der Waals surface area contributed by atoms with Crippen LogP contribution < -0.4 is 0 Å². The molecule has 0 amide bonds. The molecule has 13 heavy (non-hydrogen) atoms. The van der Waals surface area contributed by atoms with Crippen LogP contribution in [-0.2, 0) is 4.79 Å². The molecule has 0 unspecified atom stereocenters. The van der Waals surface area contributed by atoms with E-state index < -0.39 is 0 Å². The van der Waals surface area contributed by atoms with Crippen molar-refractivity contribution in [3.8, 4) is 0 Å². The van der Waals surface area contributed by atoms with Crippen LogP contribution in [0.1, 0.15) is 12.5 Å². The van der Waals surface area contributed by atoms with Crippen LogP contribution in [-0.4, -0.2) is 6.29 Å². The molecule has 66 valence electrons. The first-order chi connectivity index (χ1) is 6.36. The molecule has 1 aromatic carbocycles. The Bertz CT molecular complexity index is 320. The quantitative estimate of drug-likeness (QED) is 0.389. The Morgan fingerprint density at radius 3 is 2.46 bits per heavy atom. The zero-order chi connectivity index (χ0) is 9.52. The fourth-order valence-corrected chi connectivity index (χ4v) is 0.960. The van der Waals surface area contributed by atoms with E-state index in [2.05, 4.69) is 0 Å². The van der Waals surface area contributed by atoms with Gasteiger partial charge in [0.15, 0.2) is 0 Å². The maximum absolute atomic E-state index is 10.4. The van der Waals surface area contributed by atoms with Gasteiger partial charge in [-0.2, -0.15) is 0 Å². The van der Waals surface area contributed by atoms with Gasteiger partial charge in [0.1, 0.15) is 6.29 Å². The number of allylic oxidation sites excluding steroid dienone is 3. The zero-order valence-electron chi connectivity index (χ0n) is 7.60. The molecule has 1 aromatic rings. The Morgan fingerprint density at radius 1 is 1.23 bits per heavy atom. The van der Waals surface area contributed by atoms with Crippen LogP contribution in [0.5, 0.6) is 0 Å². The van der Waals surface area contributed by atoms with Gasteiger partial charge in [-0.25, -0.2) is 0 Å². The van der Waals surface area contributed by atoms with Crippen LogP contribution in [0, 0.1) is 0 Å². The Hall–Kier alpha value is -1.63. The fourth-order valence-electron chi connectivity index (χ4n) is 0.960. The van der Waals surface area contributed by atoms with Crippen LogP contribution >= 0.6 is 0 Å². The normalized spacial score (nSPS) is 11.9. The third-order valence-corrected chi connectivity index (χ3v) is 1.74. The molecular formula is C12H12O. The number of benzene rings is 1. The first-order valence-corrected chi connectivity index (χ1v) is 4.21. The molecule has 0 fully saturated rings. The van der Waals surface area contributed by atoms with E-state index in [9.17, 15) is 4.79 Å². The number of aldehydes is 1. The number of hydrogen-bond acceptors (Lipinski definition) is 1. The molecule has 0 heterocycles. The predicted octanol–water partition coefficient (Wildman–Crippen LogP) is 2.85. The maximum Gasteiger partial charge on any atom is 0.149 e. The lowest BCUT2D eigenvalue weighted by atomic mass is 10.2. The van der Waals surface area contributed by atoms with E-state index in [1.807, 2.05) is 49.4 Å². The number of carbonyl (C=O) groups excluding carboxylic acids is 1. The summed E-state index contributed by atoms with van der Waals surface area (Å²) in [7, 11) is 0. The lowest BCUT2D eigenvalue weighted by Gasteiger charge is -1.90. The van der Waals surface area contributed by atoms with E-state index in [0.29, 0.717) is 5.57 Å². The Balaban J connectivity index is 2.74. The third-order valence-electron chi connectivity index (χ3n) is 1.74. The first-order valence-electron chi connectivity index (χ1n) is 4.21. The van der Waals surface area contributed by atoms with Gasteiger partial charge in [0.25, 0.3) is 0 Å². The van der Waals surface area contributed by atoms with E-state index in [0.717, 1.165) is 11.8 Å². The molecule has 0 bridgehead atoms. The second kappa shape index (κ2) is 5.09. The van der Waals surface area contributed by atoms with Crippen molar-refractivity contribution in [1.82, 2.24) is 0 Å². The fraction of sp³-hybridized carbons (Fsp3) is 0.0833. The highest BCUT2D eigenvalue weighted by Crippen LogP contribution is 2.03. The second-order valence-corrected chi connectivity index (χ2v) is 2.65. The first kappa shape index (κ1) is 9.46. The molecule has 0 aliphatic carbocycles. The van der Waals surface area contributed by atoms with Crippen molar-refractivity contribution in [2.24, 2.45) is 0 Å². The van der Waals surface area contributed by atoms with Crippen LogP contribution in [0.25, 0.3) is 6.08 Å². The van der Waals surface area contributed by atoms with Gasteiger partial charge < -0.3 is 0 Å². The van der Waals surface area contributed by atoms with Gasteiger partial charge >= 0.3 is 0 Å². The predicted molar refractivity (Wildman–Crippen MR) is 55.3 cm³/mol. The molecule has 1 heteroatoms. The summed E-state index contributed by atoms with van der Waals surface area (Å²) in [6.07, 6.45) is 6.36. The highest BCUT2D eigenvalue weighted by molar-refractivity contribution is 5.79. The topological polar surface area (TPSA) is 17.1 Å². The Morgan fingerprint density at radius 2 is 1.92 bits per heavy atom. The van der Waals surface area contributed by atoms with Crippen molar-refractivity contribution in [3.63, 3.8) is 0 Å². The molecule has 0 aromatic heterocycles. The van der Waals surface area contributed by atoms with E-state index in [1.165, 1.54) is 0 Å². The molecule has 1 nitrogen and oxygen atoms in total. The maximum atomic E-state index is 10.4. The van der Waals surface area contributed by atoms with E-state index in [4.69, 9.17) is 0 Å². The zero-order valence-corrected chi connectivity index (χ0v) is 7.60. The van der Waals surface area contributed by atoms with Crippen LogP contribution in [0.15, 0.2) is 48.1 Å². The number of hydrogen-bond donors (Lipinski definition) is 0. The second-order valence-electron chi connectivity index (χ2n) is 2.65. The molecule has 0 spiro atoms. The molecule has 0 aliphatic heterocycles. The molecule has 0 radical (unpaired) electrons. The van der Waals surface area contributed by atoms with Gasteiger partial charge in [-0.1, -0.05) is 48.6 Å². The minimum Gasteiger partial charge on any atom is -0.298 e. The van der Waals surface area contributed by atoms with Gasteiger partial charge in [-0.05, 0) is 12.5 Å². The van der Waals surface area contributed by atoms with Crippen LogP contribution in [0.3, 0.4) is 0 Å². The summed E-state index contributed by atoms with van der Waals surface area (Å²) in [5.41, 5.74) is 1.80.